The fourth-order valence-corrected chi connectivity index (χ4v) is 4.04. The minimum Gasteiger partial charge on any atom is -0.354 e. The fraction of sp³-hybridized carbons (Fsp3) is 0.200. The highest BCUT2D eigenvalue weighted by Gasteiger charge is 2.37. The molecule has 6 heteroatoms. The molecule has 0 unspecified atom stereocenters. The molecular weight excluding hydrogens is 410 g/mol. The van der Waals surface area contributed by atoms with Crippen molar-refractivity contribution in [3.63, 3.8) is 0 Å². The van der Waals surface area contributed by atoms with Crippen LogP contribution in [0.25, 0.3) is 0 Å². The molecule has 1 saturated heterocycles. The van der Waals surface area contributed by atoms with Gasteiger partial charge in [0, 0.05) is 15.9 Å². The molecule has 2 atom stereocenters. The number of carbonyl (C=O) groups excluding carboxylic acids is 1. The first kappa shape index (κ1) is 18.6. The van der Waals surface area contributed by atoms with Crippen LogP contribution in [0.5, 0.6) is 0 Å². The number of amides is 1. The molecule has 0 bridgehead atoms. The van der Waals surface area contributed by atoms with Gasteiger partial charge in [-0.15, -0.1) is 0 Å². The van der Waals surface area contributed by atoms with E-state index in [0.717, 1.165) is 26.9 Å². The predicted molar refractivity (Wildman–Crippen MR) is 113 cm³/mol. The van der Waals surface area contributed by atoms with Gasteiger partial charge in [0.2, 0.25) is 5.91 Å². The minimum atomic E-state index is -0.513. The molecule has 1 amide bonds. The lowest BCUT2D eigenvalue weighted by molar-refractivity contribution is -0.119. The van der Waals surface area contributed by atoms with Gasteiger partial charge >= 0.3 is 0 Å². The number of carbonyl (C=O) groups is 1. The zero-order valence-corrected chi connectivity index (χ0v) is 17.0. The molecule has 1 aliphatic heterocycles. The van der Waals surface area contributed by atoms with Crippen LogP contribution in [0, 0.1) is 19.8 Å². The van der Waals surface area contributed by atoms with Crippen LogP contribution in [0.4, 0.5) is 5.69 Å². The summed E-state index contributed by atoms with van der Waals surface area (Å²) in [6, 6.07) is 13.5. The van der Waals surface area contributed by atoms with Gasteiger partial charge in [0.1, 0.15) is 5.92 Å². The molecule has 0 saturated carbocycles. The van der Waals surface area contributed by atoms with Crippen molar-refractivity contribution in [3.8, 4) is 0 Å². The number of hydrogen-bond acceptors (Lipinski definition) is 2. The van der Waals surface area contributed by atoms with Gasteiger partial charge in [0.25, 0.3) is 0 Å². The standard InChI is InChI=1S/C20H20BrN3OS/c1-11-8-12(2)10-14(9-11)23-19(25)17-13(3)22-20(26)24-18(17)15-6-4-5-7-16(15)21/h4-10,17-18H,3H2,1-2H3,(H,23,25)(H2,22,24,26)/t17-,18+/m1/s1. The number of benzene rings is 2. The number of rotatable bonds is 3. The Morgan fingerprint density at radius 2 is 1.85 bits per heavy atom. The maximum atomic E-state index is 13.1. The molecule has 134 valence electrons. The lowest BCUT2D eigenvalue weighted by atomic mass is 9.88. The van der Waals surface area contributed by atoms with Crippen LogP contribution in [0.2, 0.25) is 0 Å². The van der Waals surface area contributed by atoms with Crippen LogP contribution >= 0.6 is 28.1 Å². The highest BCUT2D eigenvalue weighted by Crippen LogP contribution is 2.34. The summed E-state index contributed by atoms with van der Waals surface area (Å²) in [7, 11) is 0. The van der Waals surface area contributed by atoms with Crippen LogP contribution in [-0.2, 0) is 4.79 Å². The van der Waals surface area contributed by atoms with Gasteiger partial charge in [0.15, 0.2) is 5.11 Å². The fourth-order valence-electron chi connectivity index (χ4n) is 3.25. The second-order valence-electron chi connectivity index (χ2n) is 6.47. The van der Waals surface area contributed by atoms with Gasteiger partial charge in [-0.05, 0) is 61.0 Å². The van der Waals surface area contributed by atoms with E-state index >= 15 is 0 Å². The summed E-state index contributed by atoms with van der Waals surface area (Å²) in [5.41, 5.74) is 4.51. The van der Waals surface area contributed by atoms with Crippen LogP contribution in [0.1, 0.15) is 22.7 Å². The van der Waals surface area contributed by atoms with E-state index in [1.807, 2.05) is 50.2 Å². The smallest absolute Gasteiger partial charge is 0.235 e. The van der Waals surface area contributed by atoms with Crippen molar-refractivity contribution < 1.29 is 4.79 Å². The Kier molecular flexibility index (Phi) is 5.44. The van der Waals surface area contributed by atoms with Crippen molar-refractivity contribution in [1.29, 1.82) is 0 Å². The molecule has 0 spiro atoms. The average Bonchev–Trinajstić information content (AvgIpc) is 2.53. The van der Waals surface area contributed by atoms with Crippen molar-refractivity contribution in [2.45, 2.75) is 19.9 Å². The van der Waals surface area contributed by atoms with Gasteiger partial charge in [-0.2, -0.15) is 0 Å². The normalized spacial score (nSPS) is 19.5. The van der Waals surface area contributed by atoms with Crippen LogP contribution in [0.15, 0.2) is 59.2 Å². The summed E-state index contributed by atoms with van der Waals surface area (Å²) >= 11 is 8.85. The highest BCUT2D eigenvalue weighted by atomic mass is 79.9. The minimum absolute atomic E-state index is 0.136. The molecule has 0 aromatic heterocycles. The van der Waals surface area contributed by atoms with E-state index in [1.165, 1.54) is 0 Å². The average molecular weight is 430 g/mol. The summed E-state index contributed by atoms with van der Waals surface area (Å²) < 4.78 is 0.916. The number of aryl methyl sites for hydroxylation is 2. The molecule has 2 aromatic rings. The van der Waals surface area contributed by atoms with Gasteiger partial charge in [0.05, 0.1) is 6.04 Å². The Morgan fingerprint density at radius 3 is 2.50 bits per heavy atom. The lowest BCUT2D eigenvalue weighted by Crippen LogP contribution is -2.51. The first-order valence-corrected chi connectivity index (χ1v) is 9.45. The van der Waals surface area contributed by atoms with Crippen molar-refractivity contribution in [1.82, 2.24) is 10.6 Å². The van der Waals surface area contributed by atoms with Crippen LogP contribution < -0.4 is 16.0 Å². The molecule has 0 aliphatic carbocycles. The number of halogens is 1. The topological polar surface area (TPSA) is 53.2 Å². The van der Waals surface area contributed by atoms with Gasteiger partial charge in [-0.25, -0.2) is 0 Å². The molecule has 3 N–H and O–H groups in total. The number of nitrogens with one attached hydrogen (secondary N) is 3. The highest BCUT2D eigenvalue weighted by molar-refractivity contribution is 9.10. The molecule has 1 fully saturated rings. The first-order valence-electron chi connectivity index (χ1n) is 8.25. The second-order valence-corrected chi connectivity index (χ2v) is 7.73. The Labute approximate surface area is 167 Å². The third-order valence-electron chi connectivity index (χ3n) is 4.28. The molecule has 0 radical (unpaired) electrons. The van der Waals surface area contributed by atoms with E-state index in [9.17, 15) is 4.79 Å². The Bertz CT molecular complexity index is 876. The molecule has 4 nitrogen and oxygen atoms in total. The molecule has 1 aliphatic rings. The second kappa shape index (κ2) is 7.60. The van der Waals surface area contributed by atoms with Gasteiger partial charge in [-0.1, -0.05) is 46.8 Å². The SMILES string of the molecule is C=C1NC(=S)N[C@@H](c2ccccc2Br)[C@@H]1C(=O)Nc1cc(C)cc(C)c1. The molecule has 2 aromatic carbocycles. The van der Waals surface area contributed by atoms with E-state index < -0.39 is 5.92 Å². The zero-order valence-electron chi connectivity index (χ0n) is 14.6. The van der Waals surface area contributed by atoms with Gasteiger partial charge in [-0.3, -0.25) is 4.79 Å². The van der Waals surface area contributed by atoms with Crippen molar-refractivity contribution in [2.24, 2.45) is 5.92 Å². The summed E-state index contributed by atoms with van der Waals surface area (Å²) in [5.74, 6) is -0.649. The Hall–Kier alpha value is -2.18. The van der Waals surface area contributed by atoms with Crippen molar-refractivity contribution in [2.75, 3.05) is 5.32 Å². The van der Waals surface area contributed by atoms with Crippen molar-refractivity contribution in [3.05, 3.63) is 75.9 Å². The van der Waals surface area contributed by atoms with E-state index in [0.29, 0.717) is 10.8 Å². The quantitative estimate of drug-likeness (QED) is 0.634. The van der Waals surface area contributed by atoms with Crippen LogP contribution in [-0.4, -0.2) is 11.0 Å². The predicted octanol–water partition coefficient (Wildman–Crippen LogP) is 4.35. The summed E-state index contributed by atoms with van der Waals surface area (Å²) in [6.45, 7) is 8.05. The molecule has 26 heavy (non-hydrogen) atoms. The van der Waals surface area contributed by atoms with E-state index in [-0.39, 0.29) is 11.9 Å². The third kappa shape index (κ3) is 3.97. The largest absolute Gasteiger partial charge is 0.354 e. The number of anilines is 1. The van der Waals surface area contributed by atoms with Crippen molar-refractivity contribution >= 4 is 44.9 Å². The van der Waals surface area contributed by atoms with E-state index in [2.05, 4.69) is 44.5 Å². The number of thiocarbonyl (C=S) groups is 1. The lowest BCUT2D eigenvalue weighted by Gasteiger charge is -2.35. The molecule has 1 heterocycles. The molecule has 3 rings (SSSR count). The first-order chi connectivity index (χ1) is 12.3. The number of hydrogen-bond donors (Lipinski definition) is 3. The third-order valence-corrected chi connectivity index (χ3v) is 5.22. The van der Waals surface area contributed by atoms with E-state index in [4.69, 9.17) is 12.2 Å². The summed E-state index contributed by atoms with van der Waals surface area (Å²) in [6.07, 6.45) is 0. The Morgan fingerprint density at radius 1 is 1.19 bits per heavy atom. The maximum absolute atomic E-state index is 13.1. The summed E-state index contributed by atoms with van der Waals surface area (Å²) in [5, 5.41) is 9.68. The molecular formula is C20H20BrN3OS. The maximum Gasteiger partial charge on any atom is 0.235 e. The summed E-state index contributed by atoms with van der Waals surface area (Å²) in [4.78, 5) is 13.1. The monoisotopic (exact) mass is 429 g/mol. The Balaban J connectivity index is 1.93. The van der Waals surface area contributed by atoms with E-state index in [1.54, 1.807) is 0 Å². The zero-order chi connectivity index (χ0) is 18.8. The van der Waals surface area contributed by atoms with Gasteiger partial charge < -0.3 is 16.0 Å². The van der Waals surface area contributed by atoms with Crippen LogP contribution in [0.3, 0.4) is 0 Å².